The minimum atomic E-state index is -0.916. The van der Waals surface area contributed by atoms with Gasteiger partial charge in [-0.3, -0.25) is 4.90 Å². The number of rotatable bonds is 5. The number of hydrogen-bond donors (Lipinski definition) is 0. The summed E-state index contributed by atoms with van der Waals surface area (Å²) in [4.78, 5) is 13.6. The fraction of sp³-hybridized carbons (Fsp3) is 0.577. The number of methoxy groups -OCH3 is 1. The van der Waals surface area contributed by atoms with E-state index in [1.165, 1.54) is 0 Å². The number of benzene rings is 1. The smallest absolute Gasteiger partial charge is 0.320 e. The number of aryl methyl sites for hydroxylation is 1. The number of alkyl halides is 1. The zero-order valence-electron chi connectivity index (χ0n) is 21.1. The van der Waals surface area contributed by atoms with Crippen molar-refractivity contribution in [2.24, 2.45) is 0 Å². The van der Waals surface area contributed by atoms with E-state index >= 15 is 4.39 Å². The van der Waals surface area contributed by atoms with E-state index in [0.29, 0.717) is 31.6 Å². The van der Waals surface area contributed by atoms with Crippen LogP contribution in [0.25, 0.3) is 16.7 Å². The van der Waals surface area contributed by atoms with Gasteiger partial charge >= 0.3 is 6.01 Å². The van der Waals surface area contributed by atoms with Crippen LogP contribution in [0.1, 0.15) is 30.4 Å². The number of likely N-dealkylation sites (tertiary alicyclic amines) is 1. The standard InChI is InChI=1S/C26H33FN6O3/c1-16-8-18-11-28-33(25-10-24(29-26(30-25)34-3)32-6-7-35-13-17(32)2)23(18)9-21(16)20-4-5-31(12-22(20)27)19-14-36-15-19/h8-11,17,19-20,22H,4-7,12-15H2,1-3H3/t17-,20?,22?/m1/s1. The van der Waals surface area contributed by atoms with Crippen molar-refractivity contribution in [3.63, 3.8) is 0 Å². The Morgan fingerprint density at radius 3 is 2.61 bits per heavy atom. The Labute approximate surface area is 210 Å². The van der Waals surface area contributed by atoms with E-state index in [1.54, 1.807) is 7.11 Å². The molecule has 0 saturated carbocycles. The van der Waals surface area contributed by atoms with Crippen LogP contribution in [0.15, 0.2) is 24.4 Å². The van der Waals surface area contributed by atoms with E-state index in [1.807, 2.05) is 16.9 Å². The van der Waals surface area contributed by atoms with Gasteiger partial charge in [-0.25, -0.2) is 9.07 Å². The Bertz CT molecular complexity index is 1250. The summed E-state index contributed by atoms with van der Waals surface area (Å²) in [6.45, 7) is 9.00. The molecule has 0 N–H and O–H groups in total. The molecule has 1 aromatic carbocycles. The van der Waals surface area contributed by atoms with Crippen LogP contribution in [0.5, 0.6) is 6.01 Å². The molecule has 10 heteroatoms. The molecular weight excluding hydrogens is 463 g/mol. The number of fused-ring (bicyclic) bond motifs is 1. The summed E-state index contributed by atoms with van der Waals surface area (Å²) in [5.41, 5.74) is 3.04. The van der Waals surface area contributed by atoms with Gasteiger partial charge in [0.2, 0.25) is 0 Å². The van der Waals surface area contributed by atoms with Crippen molar-refractivity contribution in [3.8, 4) is 11.8 Å². The Hall–Kier alpha value is -2.82. The molecule has 0 bridgehead atoms. The van der Waals surface area contributed by atoms with Gasteiger partial charge in [0.1, 0.15) is 12.0 Å². The van der Waals surface area contributed by atoms with Gasteiger partial charge < -0.3 is 19.1 Å². The molecule has 192 valence electrons. The van der Waals surface area contributed by atoms with Crippen LogP contribution in [0.4, 0.5) is 10.2 Å². The van der Waals surface area contributed by atoms with Crippen molar-refractivity contribution < 1.29 is 18.6 Å². The van der Waals surface area contributed by atoms with Crippen LogP contribution >= 0.6 is 0 Å². The summed E-state index contributed by atoms with van der Waals surface area (Å²) in [6.07, 6.45) is 1.71. The summed E-state index contributed by atoms with van der Waals surface area (Å²) in [7, 11) is 1.57. The average Bonchev–Trinajstić information content (AvgIpc) is 3.25. The molecule has 5 heterocycles. The second kappa shape index (κ2) is 9.57. The summed E-state index contributed by atoms with van der Waals surface area (Å²) < 4.78 is 33.6. The SMILES string of the molecule is COc1nc(N2CCOC[C@H]2C)cc(-n2ncc3cc(C)c(C4CCN(C5COC5)CC4F)cc32)n1. The number of piperidine rings is 1. The third-order valence-corrected chi connectivity index (χ3v) is 7.81. The Balaban J connectivity index is 1.35. The molecule has 2 aromatic heterocycles. The molecule has 3 atom stereocenters. The molecule has 9 nitrogen and oxygen atoms in total. The maximum atomic E-state index is 15.5. The topological polar surface area (TPSA) is 77.8 Å². The first-order valence-electron chi connectivity index (χ1n) is 12.7. The van der Waals surface area contributed by atoms with Crippen molar-refractivity contribution in [3.05, 3.63) is 35.5 Å². The second-order valence-corrected chi connectivity index (χ2v) is 10.1. The van der Waals surface area contributed by atoms with Gasteiger partial charge in [0, 0.05) is 30.5 Å². The molecule has 0 aliphatic carbocycles. The third-order valence-electron chi connectivity index (χ3n) is 7.81. The highest BCUT2D eigenvalue weighted by Crippen LogP contribution is 2.36. The highest BCUT2D eigenvalue weighted by molar-refractivity contribution is 5.82. The summed E-state index contributed by atoms with van der Waals surface area (Å²) in [5, 5.41) is 5.65. The maximum absolute atomic E-state index is 15.5. The molecule has 36 heavy (non-hydrogen) atoms. The third kappa shape index (κ3) is 4.21. The maximum Gasteiger partial charge on any atom is 0.320 e. The molecule has 3 fully saturated rings. The predicted octanol–water partition coefficient (Wildman–Crippen LogP) is 2.88. The monoisotopic (exact) mass is 496 g/mol. The zero-order chi connectivity index (χ0) is 24.8. The predicted molar refractivity (Wildman–Crippen MR) is 134 cm³/mol. The Morgan fingerprint density at radius 1 is 1.06 bits per heavy atom. The van der Waals surface area contributed by atoms with Crippen molar-refractivity contribution in [2.75, 3.05) is 58.1 Å². The minimum absolute atomic E-state index is 0.139. The van der Waals surface area contributed by atoms with Gasteiger partial charge in [-0.05, 0) is 50.1 Å². The van der Waals surface area contributed by atoms with Gasteiger partial charge in [0.25, 0.3) is 0 Å². The van der Waals surface area contributed by atoms with Crippen LogP contribution in [0, 0.1) is 6.92 Å². The molecular formula is C26H33FN6O3. The molecule has 3 aromatic rings. The Morgan fingerprint density at radius 2 is 1.89 bits per heavy atom. The summed E-state index contributed by atoms with van der Waals surface area (Å²) in [5.74, 6) is 1.26. The number of aromatic nitrogens is 4. The number of nitrogens with zero attached hydrogens (tertiary/aromatic N) is 6. The van der Waals surface area contributed by atoms with Crippen LogP contribution in [-0.4, -0.2) is 96.1 Å². The molecule has 3 aliphatic heterocycles. The lowest BCUT2D eigenvalue weighted by molar-refractivity contribution is -0.0807. The van der Waals surface area contributed by atoms with Crippen molar-refractivity contribution in [1.29, 1.82) is 0 Å². The number of ether oxygens (including phenoxy) is 3. The normalized spacial score (nSPS) is 25.8. The van der Waals surface area contributed by atoms with Crippen molar-refractivity contribution in [1.82, 2.24) is 24.6 Å². The highest BCUT2D eigenvalue weighted by atomic mass is 19.1. The molecule has 0 spiro atoms. The quantitative estimate of drug-likeness (QED) is 0.534. The van der Waals surface area contributed by atoms with E-state index in [0.717, 1.165) is 60.6 Å². The number of morpholine rings is 1. The zero-order valence-corrected chi connectivity index (χ0v) is 21.1. The number of halogens is 1. The molecule has 3 aliphatic rings. The van der Waals surface area contributed by atoms with Gasteiger partial charge in [0.15, 0.2) is 5.82 Å². The van der Waals surface area contributed by atoms with Crippen LogP contribution < -0.4 is 9.64 Å². The van der Waals surface area contributed by atoms with E-state index in [-0.39, 0.29) is 18.0 Å². The fourth-order valence-corrected chi connectivity index (χ4v) is 5.65. The lowest BCUT2D eigenvalue weighted by atomic mass is 9.84. The Kier molecular flexibility index (Phi) is 6.27. The first kappa shape index (κ1) is 23.6. The van der Waals surface area contributed by atoms with Crippen LogP contribution in [-0.2, 0) is 9.47 Å². The van der Waals surface area contributed by atoms with Crippen molar-refractivity contribution in [2.45, 2.75) is 44.4 Å². The van der Waals surface area contributed by atoms with E-state index in [4.69, 9.17) is 14.2 Å². The first-order valence-corrected chi connectivity index (χ1v) is 12.7. The average molecular weight is 497 g/mol. The second-order valence-electron chi connectivity index (χ2n) is 10.1. The van der Waals surface area contributed by atoms with Crippen LogP contribution in [0.2, 0.25) is 0 Å². The molecule has 2 unspecified atom stereocenters. The van der Waals surface area contributed by atoms with Gasteiger partial charge in [-0.15, -0.1) is 0 Å². The van der Waals surface area contributed by atoms with E-state index in [2.05, 4.69) is 50.8 Å². The molecule has 6 rings (SSSR count). The van der Waals surface area contributed by atoms with Crippen molar-refractivity contribution >= 4 is 16.7 Å². The van der Waals surface area contributed by atoms with E-state index < -0.39 is 6.17 Å². The van der Waals surface area contributed by atoms with Crippen LogP contribution in [0.3, 0.4) is 0 Å². The highest BCUT2D eigenvalue weighted by Gasteiger charge is 2.36. The van der Waals surface area contributed by atoms with Gasteiger partial charge in [-0.1, -0.05) is 0 Å². The minimum Gasteiger partial charge on any atom is -0.467 e. The number of hydrogen-bond acceptors (Lipinski definition) is 8. The lowest BCUT2D eigenvalue weighted by Crippen LogP contribution is -2.54. The largest absolute Gasteiger partial charge is 0.467 e. The first-order chi connectivity index (χ1) is 17.5. The number of anilines is 1. The summed E-state index contributed by atoms with van der Waals surface area (Å²) in [6, 6.07) is 6.99. The molecule has 3 saturated heterocycles. The van der Waals surface area contributed by atoms with Gasteiger partial charge in [-0.2, -0.15) is 15.1 Å². The van der Waals surface area contributed by atoms with Gasteiger partial charge in [0.05, 0.1) is 57.3 Å². The fourth-order valence-electron chi connectivity index (χ4n) is 5.65. The molecule has 0 amide bonds. The summed E-state index contributed by atoms with van der Waals surface area (Å²) >= 11 is 0. The van der Waals surface area contributed by atoms with E-state index in [9.17, 15) is 0 Å². The lowest BCUT2D eigenvalue weighted by Gasteiger charge is -2.43. The molecule has 0 radical (unpaired) electrons.